The molecule has 2 aromatic carbocycles. The van der Waals surface area contributed by atoms with E-state index in [1.165, 1.54) is 75.5 Å². The zero-order valence-electron chi connectivity index (χ0n) is 25.3. The van der Waals surface area contributed by atoms with Gasteiger partial charge in [0.15, 0.2) is 24.2 Å². The number of amides is 1. The van der Waals surface area contributed by atoms with Crippen LogP contribution in [-0.4, -0.2) is 19.6 Å². The van der Waals surface area contributed by atoms with Crippen LogP contribution in [0.15, 0.2) is 54.2 Å². The minimum Gasteiger partial charge on any atom is -1.00 e. The molecule has 0 atom stereocenters. The topological polar surface area (TPSA) is 51.4 Å². The van der Waals surface area contributed by atoms with E-state index in [1.807, 2.05) is 36.4 Å². The molecule has 3 rings (SSSR count). The summed E-state index contributed by atoms with van der Waals surface area (Å²) in [5, 5.41) is 3.04. The van der Waals surface area contributed by atoms with E-state index in [9.17, 15) is 4.79 Å². The summed E-state index contributed by atoms with van der Waals surface area (Å²) < 4.78 is 13.7. The molecule has 1 heterocycles. The standard InChI is InChI=1S/C34H48N2O3S.BrH/c1-4-5-6-7-8-9-10-11-12-13-14-15-21-39-32-20-19-29(23-33(32)38-3)24-34(37)35-31-18-16-17-30(22-31)26-36-25-28(2)40-27-36;/h16-20,22-23,25,27H,4-15,21,24,26H2,1-3H3;1H. The monoisotopic (exact) mass is 644 g/mol. The molecular weight excluding hydrogens is 596 g/mol. The zero-order valence-corrected chi connectivity index (χ0v) is 27.7. The highest BCUT2D eigenvalue weighted by molar-refractivity contribution is 7.09. The summed E-state index contributed by atoms with van der Waals surface area (Å²) in [5.41, 5.74) is 4.97. The molecule has 7 heteroatoms. The van der Waals surface area contributed by atoms with E-state index in [4.69, 9.17) is 9.47 Å². The summed E-state index contributed by atoms with van der Waals surface area (Å²) in [4.78, 5) is 14.0. The maximum atomic E-state index is 12.8. The molecule has 1 aromatic heterocycles. The molecule has 1 amide bonds. The molecular formula is C34H49BrN2O3S. The number of aromatic nitrogens is 1. The number of nitrogens with one attached hydrogen (secondary N) is 1. The molecule has 0 bridgehead atoms. The predicted octanol–water partition coefficient (Wildman–Crippen LogP) is 5.67. The second-order valence-corrected chi connectivity index (χ2v) is 11.9. The number of ether oxygens (including phenoxy) is 2. The quantitative estimate of drug-likeness (QED) is 0.127. The van der Waals surface area contributed by atoms with Crippen molar-refractivity contribution in [3.63, 3.8) is 0 Å². The van der Waals surface area contributed by atoms with Gasteiger partial charge in [-0.05, 0) is 43.2 Å². The number of thiazole rings is 1. The fourth-order valence-corrected chi connectivity index (χ4v) is 5.58. The Morgan fingerprint density at radius 3 is 2.17 bits per heavy atom. The lowest BCUT2D eigenvalue weighted by Gasteiger charge is -2.12. The zero-order chi connectivity index (χ0) is 28.4. The van der Waals surface area contributed by atoms with Gasteiger partial charge < -0.3 is 31.8 Å². The van der Waals surface area contributed by atoms with Crippen molar-refractivity contribution in [2.75, 3.05) is 19.0 Å². The van der Waals surface area contributed by atoms with Crippen LogP contribution in [0.5, 0.6) is 11.5 Å². The molecule has 0 saturated heterocycles. The molecule has 0 saturated carbocycles. The number of methoxy groups -OCH3 is 1. The number of carbonyl (C=O) groups is 1. The summed E-state index contributed by atoms with van der Waals surface area (Å²) in [6.45, 7) is 5.85. The van der Waals surface area contributed by atoms with E-state index in [2.05, 4.69) is 41.5 Å². The van der Waals surface area contributed by atoms with Gasteiger partial charge >= 0.3 is 0 Å². The molecule has 0 unspecified atom stereocenters. The molecule has 1 N–H and O–H groups in total. The molecule has 0 spiro atoms. The summed E-state index contributed by atoms with van der Waals surface area (Å²) in [7, 11) is 1.65. The van der Waals surface area contributed by atoms with Gasteiger partial charge in [-0.15, -0.1) is 0 Å². The Morgan fingerprint density at radius 1 is 0.854 bits per heavy atom. The Bertz CT molecular complexity index is 1150. The Hall–Kier alpha value is -2.38. The van der Waals surface area contributed by atoms with Gasteiger partial charge in [-0.1, -0.05) is 107 Å². The van der Waals surface area contributed by atoms with Crippen molar-refractivity contribution >= 4 is 22.9 Å². The van der Waals surface area contributed by atoms with Gasteiger partial charge in [-0.3, -0.25) is 4.79 Å². The first-order valence-corrected chi connectivity index (χ1v) is 16.1. The van der Waals surface area contributed by atoms with E-state index < -0.39 is 0 Å². The van der Waals surface area contributed by atoms with Crippen LogP contribution in [0.3, 0.4) is 0 Å². The lowest BCUT2D eigenvalue weighted by Crippen LogP contribution is -3.00. The van der Waals surface area contributed by atoms with Crippen LogP contribution in [0, 0.1) is 6.92 Å². The van der Waals surface area contributed by atoms with Crippen LogP contribution in [0.4, 0.5) is 5.69 Å². The van der Waals surface area contributed by atoms with Crippen molar-refractivity contribution in [3.8, 4) is 11.5 Å². The highest BCUT2D eigenvalue weighted by atomic mass is 79.9. The van der Waals surface area contributed by atoms with Crippen LogP contribution in [0.2, 0.25) is 0 Å². The van der Waals surface area contributed by atoms with Gasteiger partial charge in [0.2, 0.25) is 11.4 Å². The van der Waals surface area contributed by atoms with Crippen LogP contribution in [0.1, 0.15) is 100.0 Å². The van der Waals surface area contributed by atoms with E-state index in [0.29, 0.717) is 12.4 Å². The molecule has 5 nitrogen and oxygen atoms in total. The van der Waals surface area contributed by atoms with Crippen molar-refractivity contribution in [2.24, 2.45) is 0 Å². The van der Waals surface area contributed by atoms with E-state index in [0.717, 1.165) is 35.5 Å². The number of hydrogen-bond donors (Lipinski definition) is 1. The maximum Gasteiger partial charge on any atom is 0.228 e. The van der Waals surface area contributed by atoms with Gasteiger partial charge in [0.25, 0.3) is 0 Å². The Morgan fingerprint density at radius 2 is 1.54 bits per heavy atom. The summed E-state index contributed by atoms with van der Waals surface area (Å²) in [6, 6.07) is 13.8. The second-order valence-electron chi connectivity index (χ2n) is 10.8. The minimum absolute atomic E-state index is 0. The number of nitrogens with zero attached hydrogens (tertiary/aromatic N) is 1. The fourth-order valence-electron chi connectivity index (χ4n) is 4.94. The second kappa shape index (κ2) is 20.5. The van der Waals surface area contributed by atoms with Crippen molar-refractivity contribution in [2.45, 2.75) is 104 Å². The van der Waals surface area contributed by atoms with Gasteiger partial charge in [0.05, 0.1) is 25.0 Å². The Labute approximate surface area is 262 Å². The number of anilines is 1. The maximum absolute atomic E-state index is 12.8. The molecule has 0 radical (unpaired) electrons. The van der Waals surface area contributed by atoms with Crippen LogP contribution in [-0.2, 0) is 17.8 Å². The third-order valence-corrected chi connectivity index (χ3v) is 8.00. The Balaban J connectivity index is 0.00000588. The number of hydrogen-bond acceptors (Lipinski definition) is 4. The van der Waals surface area contributed by atoms with Crippen LogP contribution in [0.25, 0.3) is 0 Å². The first-order valence-electron chi connectivity index (χ1n) is 15.2. The molecule has 41 heavy (non-hydrogen) atoms. The third kappa shape index (κ3) is 13.9. The van der Waals surface area contributed by atoms with E-state index in [-0.39, 0.29) is 29.3 Å². The minimum atomic E-state index is -0.0524. The molecule has 0 fully saturated rings. The van der Waals surface area contributed by atoms with Gasteiger partial charge in [0, 0.05) is 11.3 Å². The number of rotatable bonds is 20. The van der Waals surface area contributed by atoms with Crippen molar-refractivity contribution in [1.29, 1.82) is 0 Å². The van der Waals surface area contributed by atoms with Gasteiger partial charge in [-0.25, -0.2) is 0 Å². The van der Waals surface area contributed by atoms with Gasteiger partial charge in [-0.2, -0.15) is 4.57 Å². The first kappa shape index (κ1) is 34.8. The van der Waals surface area contributed by atoms with E-state index in [1.54, 1.807) is 18.4 Å². The van der Waals surface area contributed by atoms with Crippen LogP contribution < -0.4 is 36.3 Å². The highest BCUT2D eigenvalue weighted by Gasteiger charge is 2.11. The van der Waals surface area contributed by atoms with Crippen LogP contribution >= 0.6 is 11.3 Å². The molecule has 3 aromatic rings. The number of unbranched alkanes of at least 4 members (excludes halogenated alkanes) is 11. The molecule has 226 valence electrons. The number of halogens is 1. The average Bonchev–Trinajstić information content (AvgIpc) is 3.36. The lowest BCUT2D eigenvalue weighted by molar-refractivity contribution is -0.683. The smallest absolute Gasteiger partial charge is 0.228 e. The molecule has 0 aliphatic rings. The summed E-state index contributed by atoms with van der Waals surface area (Å²) >= 11 is 1.73. The highest BCUT2D eigenvalue weighted by Crippen LogP contribution is 2.29. The van der Waals surface area contributed by atoms with Crippen molar-refractivity contribution < 1.29 is 35.8 Å². The molecule has 0 aliphatic carbocycles. The van der Waals surface area contributed by atoms with Crippen molar-refractivity contribution in [1.82, 2.24) is 0 Å². The lowest BCUT2D eigenvalue weighted by atomic mass is 10.1. The van der Waals surface area contributed by atoms with Crippen molar-refractivity contribution in [3.05, 3.63) is 70.2 Å². The normalized spacial score (nSPS) is 10.7. The predicted molar refractivity (Wildman–Crippen MR) is 167 cm³/mol. The first-order chi connectivity index (χ1) is 19.6. The SMILES string of the molecule is CCCCCCCCCCCCCCOc1ccc(CC(=O)Nc2cccc(C[n+]3csc(C)c3)c2)cc1OC.[Br-]. The Kier molecular flexibility index (Phi) is 17.4. The number of aryl methyl sites for hydroxylation is 1. The van der Waals surface area contributed by atoms with E-state index >= 15 is 0 Å². The third-order valence-electron chi connectivity index (χ3n) is 7.15. The number of carbonyl (C=O) groups excluding carboxylic acids is 1. The summed E-state index contributed by atoms with van der Waals surface area (Å²) in [6.07, 6.45) is 18.3. The number of benzene rings is 2. The average molecular weight is 646 g/mol. The fraction of sp³-hybridized carbons (Fsp3) is 0.529. The molecule has 0 aliphatic heterocycles. The largest absolute Gasteiger partial charge is 1.00 e. The summed E-state index contributed by atoms with van der Waals surface area (Å²) in [5.74, 6) is 1.36. The van der Waals surface area contributed by atoms with Gasteiger partial charge in [0.1, 0.15) is 0 Å².